The number of para-hydroxylation sites is 1. The van der Waals surface area contributed by atoms with Gasteiger partial charge >= 0.3 is 0 Å². The van der Waals surface area contributed by atoms with Crippen molar-refractivity contribution in [3.05, 3.63) is 65.7 Å². The summed E-state index contributed by atoms with van der Waals surface area (Å²) in [5.41, 5.74) is 6.82. The van der Waals surface area contributed by atoms with E-state index in [-0.39, 0.29) is 0 Å². The molecule has 4 heteroatoms. The van der Waals surface area contributed by atoms with E-state index in [1.807, 2.05) is 42.5 Å². The highest BCUT2D eigenvalue weighted by Crippen LogP contribution is 2.07. The minimum Gasteiger partial charge on any atom is -0.492 e. The third kappa shape index (κ3) is 4.40. The van der Waals surface area contributed by atoms with Crippen molar-refractivity contribution in [2.75, 3.05) is 13.2 Å². The van der Waals surface area contributed by atoms with Crippen molar-refractivity contribution in [2.24, 2.45) is 5.73 Å². The first-order valence-corrected chi connectivity index (χ1v) is 6.53. The SMILES string of the molecule is NC(=O)c1ccc(CNCCOc2ccccc2)cc1. The lowest BCUT2D eigenvalue weighted by atomic mass is 10.1. The van der Waals surface area contributed by atoms with Gasteiger partial charge < -0.3 is 15.8 Å². The Morgan fingerprint density at radius 3 is 2.40 bits per heavy atom. The minimum absolute atomic E-state index is 0.402. The largest absolute Gasteiger partial charge is 0.492 e. The zero-order valence-electron chi connectivity index (χ0n) is 11.2. The van der Waals surface area contributed by atoms with E-state index in [0.29, 0.717) is 12.2 Å². The van der Waals surface area contributed by atoms with Crippen molar-refractivity contribution in [3.63, 3.8) is 0 Å². The van der Waals surface area contributed by atoms with Gasteiger partial charge in [-0.3, -0.25) is 4.79 Å². The summed E-state index contributed by atoms with van der Waals surface area (Å²) in [6.45, 7) is 2.10. The van der Waals surface area contributed by atoms with Crippen LogP contribution in [0.15, 0.2) is 54.6 Å². The first kappa shape index (κ1) is 14.1. The van der Waals surface area contributed by atoms with E-state index in [9.17, 15) is 4.79 Å². The van der Waals surface area contributed by atoms with Gasteiger partial charge in [0.15, 0.2) is 0 Å². The summed E-state index contributed by atoms with van der Waals surface area (Å²) in [5.74, 6) is 0.473. The van der Waals surface area contributed by atoms with Gasteiger partial charge in [-0.1, -0.05) is 30.3 Å². The predicted molar refractivity (Wildman–Crippen MR) is 78.6 cm³/mol. The zero-order valence-corrected chi connectivity index (χ0v) is 11.2. The van der Waals surface area contributed by atoms with Crippen LogP contribution in [-0.4, -0.2) is 19.1 Å². The highest BCUT2D eigenvalue weighted by atomic mass is 16.5. The summed E-state index contributed by atoms with van der Waals surface area (Å²) in [4.78, 5) is 10.9. The molecule has 0 radical (unpaired) electrons. The Bertz CT molecular complexity index is 538. The molecule has 20 heavy (non-hydrogen) atoms. The number of primary amides is 1. The van der Waals surface area contributed by atoms with Crippen LogP contribution in [0, 0.1) is 0 Å². The summed E-state index contributed by atoms with van der Waals surface area (Å²) in [7, 11) is 0. The molecule has 2 aromatic carbocycles. The van der Waals surface area contributed by atoms with Crippen molar-refractivity contribution >= 4 is 5.91 Å². The minimum atomic E-state index is -0.402. The number of carbonyl (C=O) groups excluding carboxylic acids is 1. The number of hydrogen-bond acceptors (Lipinski definition) is 3. The van der Waals surface area contributed by atoms with Crippen LogP contribution in [0.5, 0.6) is 5.75 Å². The number of hydrogen-bond donors (Lipinski definition) is 2. The molecule has 0 atom stereocenters. The molecule has 104 valence electrons. The Hall–Kier alpha value is -2.33. The van der Waals surface area contributed by atoms with E-state index in [1.54, 1.807) is 12.1 Å². The zero-order chi connectivity index (χ0) is 14.2. The highest BCUT2D eigenvalue weighted by molar-refractivity contribution is 5.92. The fourth-order valence-electron chi connectivity index (χ4n) is 1.78. The van der Waals surface area contributed by atoms with Crippen LogP contribution < -0.4 is 15.8 Å². The van der Waals surface area contributed by atoms with Crippen LogP contribution in [0.1, 0.15) is 15.9 Å². The number of benzene rings is 2. The molecule has 0 aliphatic heterocycles. The van der Waals surface area contributed by atoms with Crippen molar-refractivity contribution in [2.45, 2.75) is 6.54 Å². The molecule has 1 amide bonds. The maximum atomic E-state index is 10.9. The van der Waals surface area contributed by atoms with Crippen LogP contribution in [0.3, 0.4) is 0 Å². The van der Waals surface area contributed by atoms with E-state index < -0.39 is 5.91 Å². The number of carbonyl (C=O) groups is 1. The molecule has 3 N–H and O–H groups in total. The highest BCUT2D eigenvalue weighted by Gasteiger charge is 1.99. The number of rotatable bonds is 7. The number of ether oxygens (including phenoxy) is 1. The molecule has 0 spiro atoms. The summed E-state index contributed by atoms with van der Waals surface area (Å²) in [6, 6.07) is 17.0. The molecule has 0 heterocycles. The van der Waals surface area contributed by atoms with Crippen LogP contribution in [0.4, 0.5) is 0 Å². The van der Waals surface area contributed by atoms with E-state index >= 15 is 0 Å². The summed E-state index contributed by atoms with van der Waals surface area (Å²) < 4.78 is 5.57. The Morgan fingerprint density at radius 1 is 1.05 bits per heavy atom. The Labute approximate surface area is 118 Å². The molecule has 0 saturated carbocycles. The number of nitrogens with one attached hydrogen (secondary N) is 1. The standard InChI is InChI=1S/C16H18N2O2/c17-16(19)14-8-6-13(7-9-14)12-18-10-11-20-15-4-2-1-3-5-15/h1-9,18H,10-12H2,(H2,17,19). The Kier molecular flexibility index (Phi) is 5.15. The molecule has 0 aliphatic rings. The molecule has 0 fully saturated rings. The lowest BCUT2D eigenvalue weighted by Gasteiger charge is -2.07. The molecule has 0 aliphatic carbocycles. The maximum Gasteiger partial charge on any atom is 0.248 e. The van der Waals surface area contributed by atoms with Gasteiger partial charge in [0.25, 0.3) is 0 Å². The van der Waals surface area contributed by atoms with Crippen molar-refractivity contribution in [3.8, 4) is 5.75 Å². The molecular weight excluding hydrogens is 252 g/mol. The monoisotopic (exact) mass is 270 g/mol. The van der Waals surface area contributed by atoms with Gasteiger partial charge in [-0.15, -0.1) is 0 Å². The van der Waals surface area contributed by atoms with Crippen molar-refractivity contribution < 1.29 is 9.53 Å². The van der Waals surface area contributed by atoms with Gasteiger partial charge in [0.05, 0.1) is 0 Å². The summed E-state index contributed by atoms with van der Waals surface area (Å²) in [5, 5.41) is 3.28. The van der Waals surface area contributed by atoms with Gasteiger partial charge in [0.1, 0.15) is 12.4 Å². The van der Waals surface area contributed by atoms with E-state index in [1.165, 1.54) is 0 Å². The number of amides is 1. The van der Waals surface area contributed by atoms with Crippen LogP contribution in [0.2, 0.25) is 0 Å². The van der Waals surface area contributed by atoms with Crippen molar-refractivity contribution in [1.29, 1.82) is 0 Å². The second kappa shape index (κ2) is 7.31. The van der Waals surface area contributed by atoms with Crippen LogP contribution in [0.25, 0.3) is 0 Å². The average Bonchev–Trinajstić information content (AvgIpc) is 2.48. The van der Waals surface area contributed by atoms with E-state index in [2.05, 4.69) is 5.32 Å². The fraction of sp³-hybridized carbons (Fsp3) is 0.188. The van der Waals surface area contributed by atoms with Gasteiger partial charge in [-0.2, -0.15) is 0 Å². The molecule has 2 aromatic rings. The second-order valence-corrected chi connectivity index (χ2v) is 4.40. The Morgan fingerprint density at radius 2 is 1.75 bits per heavy atom. The molecule has 0 saturated heterocycles. The van der Waals surface area contributed by atoms with Crippen LogP contribution in [-0.2, 0) is 6.54 Å². The average molecular weight is 270 g/mol. The van der Waals surface area contributed by atoms with Crippen molar-refractivity contribution in [1.82, 2.24) is 5.32 Å². The lowest BCUT2D eigenvalue weighted by Crippen LogP contribution is -2.20. The van der Waals surface area contributed by atoms with Gasteiger partial charge in [-0.25, -0.2) is 0 Å². The molecular formula is C16H18N2O2. The van der Waals surface area contributed by atoms with Gasteiger partial charge in [-0.05, 0) is 29.8 Å². The fourth-order valence-corrected chi connectivity index (χ4v) is 1.78. The first-order chi connectivity index (χ1) is 9.75. The normalized spacial score (nSPS) is 10.2. The van der Waals surface area contributed by atoms with Gasteiger partial charge in [0.2, 0.25) is 5.91 Å². The summed E-state index contributed by atoms with van der Waals surface area (Å²) in [6.07, 6.45) is 0. The first-order valence-electron chi connectivity index (χ1n) is 6.53. The molecule has 0 aromatic heterocycles. The number of nitrogens with two attached hydrogens (primary N) is 1. The lowest BCUT2D eigenvalue weighted by molar-refractivity contribution is 0.100. The molecule has 4 nitrogen and oxygen atoms in total. The third-order valence-corrected chi connectivity index (χ3v) is 2.86. The summed E-state index contributed by atoms with van der Waals surface area (Å²) >= 11 is 0. The maximum absolute atomic E-state index is 10.9. The van der Waals surface area contributed by atoms with E-state index in [4.69, 9.17) is 10.5 Å². The Balaban J connectivity index is 1.67. The van der Waals surface area contributed by atoms with Gasteiger partial charge in [0, 0.05) is 18.7 Å². The molecule has 0 bridgehead atoms. The van der Waals surface area contributed by atoms with E-state index in [0.717, 1.165) is 24.4 Å². The topological polar surface area (TPSA) is 64.4 Å². The third-order valence-electron chi connectivity index (χ3n) is 2.86. The van der Waals surface area contributed by atoms with Crippen LogP contribution >= 0.6 is 0 Å². The predicted octanol–water partition coefficient (Wildman–Crippen LogP) is 1.95. The smallest absolute Gasteiger partial charge is 0.248 e. The molecule has 0 unspecified atom stereocenters. The molecule has 2 rings (SSSR count). The quantitative estimate of drug-likeness (QED) is 0.756. The second-order valence-electron chi connectivity index (χ2n) is 4.40.